The Morgan fingerprint density at radius 3 is 1.62 bits per heavy atom. The molecule has 0 spiro atoms. The summed E-state index contributed by atoms with van der Waals surface area (Å²) in [5, 5.41) is 24.3. The molecule has 4 N–H and O–H groups in total. The van der Waals surface area contributed by atoms with Gasteiger partial charge in [0, 0.05) is 31.6 Å². The van der Waals surface area contributed by atoms with E-state index in [-0.39, 0.29) is 33.4 Å². The standard InChI is InChI=1S/C19H26N4O4S.C13H17NO.C6H9N3O3S/c1-12(2)14-7-5-8-15(13(3)4)17(14)21-19(24)22-28(25,26)16-11-20-23-9-6-10-27-18(16)23;1-9(2)11-6-5-7-12(10(3)4)13(11)15-8-14;7-13(10,11)5-4-8-9-2-1-3-12-6(5)9/h5,7-8,11-13H,6,9-10H2,1-4H3,(H2,21,22,24);5-7,9-10H,1-4H3;4H,1-3H2,(H2,7,10,11). The van der Waals surface area contributed by atoms with Crippen LogP contribution in [-0.4, -0.2) is 55.6 Å². The van der Waals surface area contributed by atoms with Crippen LogP contribution in [0.3, 0.4) is 0 Å². The molecule has 0 unspecified atom stereocenters. The molecule has 18 heteroatoms. The molecule has 56 heavy (non-hydrogen) atoms. The Hall–Kier alpha value is -5.12. The van der Waals surface area contributed by atoms with E-state index in [1.54, 1.807) is 6.26 Å². The molecule has 0 saturated carbocycles. The highest BCUT2D eigenvalue weighted by atomic mass is 32.2. The minimum Gasteiger partial charge on any atom is -0.477 e. The Bertz CT molecular complexity index is 2200. The molecule has 304 valence electrons. The van der Waals surface area contributed by atoms with Crippen LogP contribution in [0.1, 0.15) is 114 Å². The van der Waals surface area contributed by atoms with E-state index < -0.39 is 26.1 Å². The molecule has 2 amide bonds. The van der Waals surface area contributed by atoms with Gasteiger partial charge in [0.15, 0.2) is 9.79 Å². The van der Waals surface area contributed by atoms with Crippen molar-refractivity contribution in [3.05, 3.63) is 71.0 Å². The van der Waals surface area contributed by atoms with E-state index in [2.05, 4.69) is 47.9 Å². The van der Waals surface area contributed by atoms with E-state index in [0.29, 0.717) is 43.8 Å². The van der Waals surface area contributed by atoms with Crippen LogP contribution in [0.2, 0.25) is 0 Å². The highest BCUT2D eigenvalue weighted by Crippen LogP contribution is 2.35. The Morgan fingerprint density at radius 2 is 1.20 bits per heavy atom. The molecule has 0 atom stereocenters. The number of hydrogen-bond donors (Lipinski definition) is 3. The number of anilines is 1. The van der Waals surface area contributed by atoms with Crippen molar-refractivity contribution in [3.8, 4) is 23.8 Å². The third kappa shape index (κ3) is 10.6. The predicted molar refractivity (Wildman–Crippen MR) is 211 cm³/mol. The van der Waals surface area contributed by atoms with Crippen LogP contribution in [0.25, 0.3) is 0 Å². The first-order valence-corrected chi connectivity index (χ1v) is 21.5. The SMILES string of the molecule is CC(C)c1cccc(C(C)C)c1NC(=O)NS(=O)(=O)c1cnn2c1OCCC2.CC(C)c1cccc(C(C)C)c1OC#N.NS(=O)(=O)c1cnn2c1OCCC2. The molecule has 0 aliphatic carbocycles. The second-order valence-electron chi connectivity index (χ2n) is 14.5. The third-order valence-electron chi connectivity index (χ3n) is 8.93. The molecule has 4 aromatic rings. The highest BCUT2D eigenvalue weighted by Gasteiger charge is 2.29. The predicted octanol–water partition coefficient (Wildman–Crippen LogP) is 6.53. The lowest BCUT2D eigenvalue weighted by atomic mass is 9.93. The number of nitrogens with one attached hydrogen (secondary N) is 2. The zero-order chi connectivity index (χ0) is 41.4. The van der Waals surface area contributed by atoms with Crippen LogP contribution >= 0.6 is 0 Å². The normalized spacial score (nSPS) is 13.6. The Morgan fingerprint density at radius 1 is 0.768 bits per heavy atom. The maximum atomic E-state index is 12.7. The maximum absolute atomic E-state index is 12.7. The number of aromatic nitrogens is 4. The number of nitrogens with zero attached hydrogens (tertiary/aromatic N) is 5. The van der Waals surface area contributed by atoms with Gasteiger partial charge in [-0.2, -0.15) is 10.2 Å². The molecule has 0 fully saturated rings. The first kappa shape index (κ1) is 43.6. The van der Waals surface area contributed by atoms with Crippen LogP contribution in [0, 0.1) is 11.5 Å². The van der Waals surface area contributed by atoms with Crippen molar-refractivity contribution >= 4 is 31.8 Å². The summed E-state index contributed by atoms with van der Waals surface area (Å²) in [5.74, 6) is 2.23. The van der Waals surface area contributed by atoms with Gasteiger partial charge in [-0.05, 0) is 45.9 Å². The molecule has 2 aliphatic heterocycles. The first-order chi connectivity index (χ1) is 26.4. The molecule has 6 rings (SSSR count). The number of nitrogens with two attached hydrogens (primary N) is 1. The van der Waals surface area contributed by atoms with Gasteiger partial charge < -0.3 is 19.5 Å². The summed E-state index contributed by atoms with van der Waals surface area (Å²) >= 11 is 0. The molecular formula is C38H52N8O8S2. The van der Waals surface area contributed by atoms with Crippen molar-refractivity contribution in [2.24, 2.45) is 5.14 Å². The molecular weight excluding hydrogens is 761 g/mol. The maximum Gasteiger partial charge on any atom is 0.333 e. The van der Waals surface area contributed by atoms with E-state index >= 15 is 0 Å². The molecule has 0 bridgehead atoms. The number of hydrogen-bond acceptors (Lipinski definition) is 11. The summed E-state index contributed by atoms with van der Waals surface area (Å²) in [4.78, 5) is 12.4. The molecule has 2 aromatic heterocycles. The first-order valence-electron chi connectivity index (χ1n) is 18.4. The van der Waals surface area contributed by atoms with E-state index in [4.69, 9.17) is 24.6 Å². The Labute approximate surface area is 329 Å². The van der Waals surface area contributed by atoms with Gasteiger partial charge in [0.05, 0.1) is 25.6 Å². The minimum atomic E-state index is -4.11. The monoisotopic (exact) mass is 812 g/mol. The summed E-state index contributed by atoms with van der Waals surface area (Å²) in [6, 6.07) is 11.1. The summed E-state index contributed by atoms with van der Waals surface area (Å²) in [7, 11) is -7.82. The number of urea groups is 1. The number of primary sulfonamides is 1. The fraction of sp³-hybridized carbons (Fsp3) is 0.474. The van der Waals surface area contributed by atoms with E-state index in [1.807, 2.05) is 64.1 Å². The second-order valence-corrected chi connectivity index (χ2v) is 17.7. The van der Waals surface area contributed by atoms with E-state index in [9.17, 15) is 21.6 Å². The van der Waals surface area contributed by atoms with Crippen molar-refractivity contribution in [1.29, 1.82) is 5.26 Å². The second kappa shape index (κ2) is 18.7. The van der Waals surface area contributed by atoms with Crippen molar-refractivity contribution < 1.29 is 35.8 Å². The topological polar surface area (TPSA) is 223 Å². The molecule has 0 radical (unpaired) electrons. The average Bonchev–Trinajstić information content (AvgIpc) is 3.78. The lowest BCUT2D eigenvalue weighted by molar-refractivity contribution is 0.224. The van der Waals surface area contributed by atoms with E-state index in [1.165, 1.54) is 21.8 Å². The fourth-order valence-electron chi connectivity index (χ4n) is 6.13. The van der Waals surface area contributed by atoms with Crippen molar-refractivity contribution in [3.63, 3.8) is 0 Å². The number of sulfonamides is 2. The summed E-state index contributed by atoms with van der Waals surface area (Å²) in [6.45, 7) is 18.7. The fourth-order valence-corrected chi connectivity index (χ4v) is 7.71. The number of ether oxygens (including phenoxy) is 3. The van der Waals surface area contributed by atoms with Gasteiger partial charge in [-0.3, -0.25) is 0 Å². The molecule has 0 saturated heterocycles. The van der Waals surface area contributed by atoms with Crippen molar-refractivity contribution in [1.82, 2.24) is 24.3 Å². The van der Waals surface area contributed by atoms with Crippen LogP contribution in [0.4, 0.5) is 10.5 Å². The van der Waals surface area contributed by atoms with Crippen molar-refractivity contribution in [2.75, 3.05) is 18.5 Å². The highest BCUT2D eigenvalue weighted by molar-refractivity contribution is 7.90. The van der Waals surface area contributed by atoms with Crippen molar-refractivity contribution in [2.45, 2.75) is 115 Å². The number of aryl methyl sites for hydroxylation is 2. The van der Waals surface area contributed by atoms with E-state index in [0.717, 1.165) is 40.8 Å². The van der Waals surface area contributed by atoms with Gasteiger partial charge in [0.1, 0.15) is 5.75 Å². The van der Waals surface area contributed by atoms with Crippen LogP contribution < -0.4 is 29.4 Å². The van der Waals surface area contributed by atoms with Gasteiger partial charge in [0.2, 0.25) is 21.8 Å². The number of para-hydroxylation sites is 2. The molecule has 16 nitrogen and oxygen atoms in total. The van der Waals surface area contributed by atoms with Gasteiger partial charge in [0.25, 0.3) is 16.3 Å². The Kier molecular flexibility index (Phi) is 14.5. The number of amides is 2. The minimum absolute atomic E-state index is 0.0350. The summed E-state index contributed by atoms with van der Waals surface area (Å²) in [5.41, 5.74) is 4.74. The number of carbonyl (C=O) groups excluding carboxylic acids is 1. The van der Waals surface area contributed by atoms with Crippen LogP contribution in [0.15, 0.2) is 58.6 Å². The average molecular weight is 813 g/mol. The lowest BCUT2D eigenvalue weighted by Gasteiger charge is -2.20. The zero-order valence-corrected chi connectivity index (χ0v) is 34.7. The Balaban J connectivity index is 0.000000208. The van der Waals surface area contributed by atoms with Gasteiger partial charge >= 0.3 is 6.03 Å². The largest absolute Gasteiger partial charge is 0.477 e. The van der Waals surface area contributed by atoms with Gasteiger partial charge in [-0.1, -0.05) is 91.8 Å². The van der Waals surface area contributed by atoms with Gasteiger partial charge in [-0.25, -0.2) is 40.9 Å². The number of nitriles is 1. The van der Waals surface area contributed by atoms with Gasteiger partial charge in [-0.15, -0.1) is 5.26 Å². The molecule has 4 heterocycles. The molecule has 2 aromatic carbocycles. The summed E-state index contributed by atoms with van der Waals surface area (Å²) in [6.07, 6.45) is 5.79. The lowest BCUT2D eigenvalue weighted by Crippen LogP contribution is -2.35. The number of carbonyl (C=O) groups is 1. The smallest absolute Gasteiger partial charge is 0.333 e. The third-order valence-corrected chi connectivity index (χ3v) is 11.1. The summed E-state index contributed by atoms with van der Waals surface area (Å²) < 4.78 is 68.2. The van der Waals surface area contributed by atoms with Crippen LogP contribution in [-0.2, 0) is 33.1 Å². The number of rotatable bonds is 9. The molecule has 2 aliphatic rings. The zero-order valence-electron chi connectivity index (χ0n) is 33.1. The van der Waals surface area contributed by atoms with Crippen LogP contribution in [0.5, 0.6) is 17.5 Å². The number of benzene rings is 2. The number of fused-ring (bicyclic) bond motifs is 2. The quantitative estimate of drug-likeness (QED) is 0.154.